The third kappa shape index (κ3) is 7.85. The Morgan fingerprint density at radius 1 is 1.05 bits per heavy atom. The number of carboxylic acid groups (broad SMARTS) is 1. The Hall–Kier alpha value is -1.06. The summed E-state index contributed by atoms with van der Waals surface area (Å²) in [5.74, 6) is -1.24. The van der Waals surface area contributed by atoms with Crippen molar-refractivity contribution in [2.24, 2.45) is 10.8 Å². The van der Waals surface area contributed by atoms with Gasteiger partial charge < -0.3 is 9.84 Å². The predicted molar refractivity (Wildman–Crippen MR) is 83.4 cm³/mol. The zero-order valence-electron chi connectivity index (χ0n) is 10.1. The van der Waals surface area contributed by atoms with E-state index in [0.717, 1.165) is 0 Å². The highest BCUT2D eigenvalue weighted by Crippen LogP contribution is 2.37. The minimum atomic E-state index is -0.877. The van der Waals surface area contributed by atoms with Crippen LogP contribution in [0.25, 0.3) is 0 Å². The average Bonchev–Trinajstić information content (AvgIpc) is 2.15. The summed E-state index contributed by atoms with van der Waals surface area (Å²) in [4.78, 5) is 22.5. The minimum Gasteiger partial charge on any atom is -0.481 e. The number of ether oxygens (including phenoxy) is 1. The third-order valence-electron chi connectivity index (χ3n) is 2.87. The van der Waals surface area contributed by atoms with Crippen molar-refractivity contribution < 1.29 is 19.4 Å². The number of carbonyl (C=O) groups excluding carboxylic acids is 1. The largest absolute Gasteiger partial charge is 0.481 e. The molecule has 0 fully saturated rings. The molecule has 0 aromatic carbocycles. The zero-order valence-corrected chi connectivity index (χ0v) is 10.1. The molecule has 1 unspecified atom stereocenters. The first-order chi connectivity index (χ1) is 6.69. The van der Waals surface area contributed by atoms with Crippen molar-refractivity contribution in [2.75, 3.05) is 7.11 Å². The quantitative estimate of drug-likeness (QED) is 0.746. The molecule has 0 saturated carbocycles. The molecule has 120 valence electrons. The molecule has 4 nitrogen and oxygen atoms in total. The van der Waals surface area contributed by atoms with Crippen LogP contribution in [0.3, 0.4) is 0 Å². The average molecular weight is 280 g/mol. The standard InChI is InChI=1S/C11H20O4.4CH4/c1-6-11(4,8(12)13)7-10(2,3)9(14)15-5;;;;/h6-7H2,1-5H3,(H,12,13);4*1H4. The van der Waals surface area contributed by atoms with E-state index in [9.17, 15) is 9.59 Å². The smallest absolute Gasteiger partial charge is 0.311 e. The van der Waals surface area contributed by atoms with Crippen LogP contribution in [0.4, 0.5) is 0 Å². The number of hydrogen-bond acceptors (Lipinski definition) is 3. The van der Waals surface area contributed by atoms with Gasteiger partial charge in [-0.05, 0) is 33.6 Å². The molecule has 0 aromatic heterocycles. The Morgan fingerprint density at radius 2 is 1.42 bits per heavy atom. The summed E-state index contributed by atoms with van der Waals surface area (Å²) in [6.07, 6.45) is 0.765. The number of hydrogen-bond donors (Lipinski definition) is 1. The van der Waals surface area contributed by atoms with Crippen LogP contribution < -0.4 is 0 Å². The molecule has 0 radical (unpaired) electrons. The van der Waals surface area contributed by atoms with Crippen LogP contribution in [0.5, 0.6) is 0 Å². The van der Waals surface area contributed by atoms with Crippen molar-refractivity contribution in [3.05, 3.63) is 0 Å². The Morgan fingerprint density at radius 3 is 1.63 bits per heavy atom. The lowest BCUT2D eigenvalue weighted by Gasteiger charge is -2.31. The van der Waals surface area contributed by atoms with E-state index in [0.29, 0.717) is 6.42 Å². The fourth-order valence-corrected chi connectivity index (χ4v) is 1.68. The lowest BCUT2D eigenvalue weighted by atomic mass is 9.72. The van der Waals surface area contributed by atoms with Crippen LogP contribution in [0, 0.1) is 10.8 Å². The van der Waals surface area contributed by atoms with Crippen LogP contribution in [0.15, 0.2) is 0 Å². The van der Waals surface area contributed by atoms with Crippen LogP contribution >= 0.6 is 0 Å². The molecule has 0 saturated heterocycles. The summed E-state index contributed by atoms with van der Waals surface area (Å²) >= 11 is 0. The molecular formula is C15H36O4. The summed E-state index contributed by atoms with van der Waals surface area (Å²) in [6, 6.07) is 0. The molecule has 1 atom stereocenters. The topological polar surface area (TPSA) is 63.6 Å². The van der Waals surface area contributed by atoms with E-state index in [2.05, 4.69) is 4.74 Å². The summed E-state index contributed by atoms with van der Waals surface area (Å²) in [6.45, 7) is 6.87. The van der Waals surface area contributed by atoms with Gasteiger partial charge in [0.2, 0.25) is 0 Å². The van der Waals surface area contributed by atoms with Gasteiger partial charge in [0.05, 0.1) is 17.9 Å². The number of methoxy groups -OCH3 is 1. The Balaban J connectivity index is -0.000000163. The number of rotatable bonds is 5. The van der Waals surface area contributed by atoms with E-state index in [1.165, 1.54) is 7.11 Å². The molecule has 0 amide bonds. The Labute approximate surface area is 120 Å². The Kier molecular flexibility index (Phi) is 17.5. The van der Waals surface area contributed by atoms with Gasteiger partial charge in [0, 0.05) is 0 Å². The molecule has 0 aliphatic rings. The molecular weight excluding hydrogens is 244 g/mol. The maximum Gasteiger partial charge on any atom is 0.311 e. The number of aliphatic carboxylic acids is 1. The molecule has 0 spiro atoms. The number of carbonyl (C=O) groups is 2. The van der Waals surface area contributed by atoms with E-state index in [1.54, 1.807) is 20.8 Å². The fourth-order valence-electron chi connectivity index (χ4n) is 1.68. The number of carboxylic acids is 1. The molecule has 4 heteroatoms. The highest BCUT2D eigenvalue weighted by atomic mass is 16.5. The van der Waals surface area contributed by atoms with Crippen LogP contribution in [0.1, 0.15) is 70.2 Å². The normalized spacial score (nSPS) is 12.3. The first kappa shape index (κ1) is 30.7. The van der Waals surface area contributed by atoms with Gasteiger partial charge in [-0.2, -0.15) is 0 Å². The first-order valence-corrected chi connectivity index (χ1v) is 5.01. The van der Waals surface area contributed by atoms with E-state index in [-0.39, 0.29) is 42.1 Å². The van der Waals surface area contributed by atoms with Crippen LogP contribution in [-0.2, 0) is 14.3 Å². The Bertz CT molecular complexity index is 259. The van der Waals surface area contributed by atoms with Crippen molar-refractivity contribution >= 4 is 11.9 Å². The van der Waals surface area contributed by atoms with Gasteiger partial charge in [0.1, 0.15) is 0 Å². The molecule has 0 aliphatic heterocycles. The van der Waals surface area contributed by atoms with E-state index >= 15 is 0 Å². The minimum absolute atomic E-state index is 0. The van der Waals surface area contributed by atoms with Gasteiger partial charge in [0.15, 0.2) is 0 Å². The van der Waals surface area contributed by atoms with Gasteiger partial charge in [-0.3, -0.25) is 9.59 Å². The summed E-state index contributed by atoms with van der Waals surface area (Å²) < 4.78 is 4.65. The van der Waals surface area contributed by atoms with Crippen LogP contribution in [0.2, 0.25) is 0 Å². The van der Waals surface area contributed by atoms with E-state index in [4.69, 9.17) is 5.11 Å². The van der Waals surface area contributed by atoms with Crippen molar-refractivity contribution in [3.63, 3.8) is 0 Å². The summed E-state index contributed by atoms with van der Waals surface area (Å²) in [5.41, 5.74) is -1.64. The maximum absolute atomic E-state index is 11.4. The lowest BCUT2D eigenvalue weighted by Crippen LogP contribution is -2.37. The maximum atomic E-state index is 11.4. The van der Waals surface area contributed by atoms with Gasteiger partial charge in [-0.1, -0.05) is 36.6 Å². The molecule has 0 aromatic rings. The lowest BCUT2D eigenvalue weighted by molar-refractivity contribution is -0.157. The third-order valence-corrected chi connectivity index (χ3v) is 2.87. The number of esters is 1. The van der Waals surface area contributed by atoms with Crippen molar-refractivity contribution in [1.82, 2.24) is 0 Å². The van der Waals surface area contributed by atoms with Crippen LogP contribution in [-0.4, -0.2) is 24.2 Å². The van der Waals surface area contributed by atoms with Gasteiger partial charge in [0.25, 0.3) is 0 Å². The second-order valence-corrected chi connectivity index (χ2v) is 4.77. The highest BCUT2D eigenvalue weighted by Gasteiger charge is 2.41. The van der Waals surface area contributed by atoms with Crippen molar-refractivity contribution in [3.8, 4) is 0 Å². The molecule has 0 heterocycles. The highest BCUT2D eigenvalue weighted by molar-refractivity contribution is 5.79. The van der Waals surface area contributed by atoms with Crippen molar-refractivity contribution in [2.45, 2.75) is 70.2 Å². The first-order valence-electron chi connectivity index (χ1n) is 5.01. The van der Waals surface area contributed by atoms with Gasteiger partial charge in [-0.25, -0.2) is 0 Å². The zero-order chi connectivity index (χ0) is 12.3. The molecule has 1 N–H and O–H groups in total. The second kappa shape index (κ2) is 10.8. The van der Waals surface area contributed by atoms with E-state index in [1.807, 2.05) is 6.92 Å². The van der Waals surface area contributed by atoms with E-state index < -0.39 is 16.8 Å². The van der Waals surface area contributed by atoms with Crippen molar-refractivity contribution in [1.29, 1.82) is 0 Å². The monoisotopic (exact) mass is 280 g/mol. The fraction of sp³-hybridized carbons (Fsp3) is 0.867. The van der Waals surface area contributed by atoms with Gasteiger partial charge in [-0.15, -0.1) is 0 Å². The second-order valence-electron chi connectivity index (χ2n) is 4.77. The molecule has 0 aliphatic carbocycles. The van der Waals surface area contributed by atoms with Gasteiger partial charge >= 0.3 is 11.9 Å². The predicted octanol–water partition coefficient (Wildman–Crippen LogP) is 4.62. The molecule has 0 bridgehead atoms. The summed E-state index contributed by atoms with van der Waals surface area (Å²) in [5, 5.41) is 9.10. The molecule has 19 heavy (non-hydrogen) atoms. The SMILES string of the molecule is C.C.C.C.CCC(C)(CC(C)(C)C(=O)OC)C(=O)O. The summed E-state index contributed by atoms with van der Waals surface area (Å²) in [7, 11) is 1.31. The molecule has 0 rings (SSSR count).